The number of morpholine rings is 1. The topological polar surface area (TPSA) is 70.7 Å². The molecular weight excluding hydrogens is 421 g/mol. The van der Waals surface area contributed by atoms with Gasteiger partial charge in [-0.05, 0) is 48.6 Å². The first-order valence-electron chi connectivity index (χ1n) is 8.02. The molecule has 24 heavy (non-hydrogen) atoms. The standard InChI is InChI=1S/C17H24IN3O3/c1-17(2,21-7-9-24-10-8-21)12-20-15(22)11-19-16(23)13-5-3-4-6-14(13)18/h3-6H,7-12H2,1-2H3,(H,19,23)(H,20,22). The minimum Gasteiger partial charge on any atom is -0.379 e. The Morgan fingerprint density at radius 3 is 2.54 bits per heavy atom. The molecule has 0 saturated carbocycles. The lowest BCUT2D eigenvalue weighted by Crippen LogP contribution is -2.56. The number of carbonyl (C=O) groups excluding carboxylic acids is 2. The quantitative estimate of drug-likeness (QED) is 0.647. The highest BCUT2D eigenvalue weighted by Crippen LogP contribution is 2.15. The van der Waals surface area contributed by atoms with Crippen molar-refractivity contribution in [2.45, 2.75) is 19.4 Å². The van der Waals surface area contributed by atoms with Crippen molar-refractivity contribution in [3.8, 4) is 0 Å². The van der Waals surface area contributed by atoms with E-state index in [1.54, 1.807) is 6.07 Å². The molecule has 2 rings (SSSR count). The number of rotatable bonds is 6. The van der Waals surface area contributed by atoms with Crippen LogP contribution in [0.2, 0.25) is 0 Å². The Balaban J connectivity index is 1.77. The van der Waals surface area contributed by atoms with Gasteiger partial charge in [0.05, 0.1) is 25.3 Å². The molecule has 1 aromatic rings. The third kappa shape index (κ3) is 5.42. The van der Waals surface area contributed by atoms with Gasteiger partial charge in [0.1, 0.15) is 0 Å². The minimum absolute atomic E-state index is 0.0248. The zero-order valence-electron chi connectivity index (χ0n) is 14.1. The van der Waals surface area contributed by atoms with E-state index < -0.39 is 0 Å². The fourth-order valence-electron chi connectivity index (χ4n) is 2.56. The summed E-state index contributed by atoms with van der Waals surface area (Å²) in [6.45, 7) is 7.89. The number of hydrogen-bond donors (Lipinski definition) is 2. The third-order valence-electron chi connectivity index (χ3n) is 4.11. The highest BCUT2D eigenvalue weighted by Gasteiger charge is 2.28. The molecule has 1 aromatic carbocycles. The van der Waals surface area contributed by atoms with Gasteiger partial charge in [0, 0.05) is 28.7 Å². The molecule has 0 unspecified atom stereocenters. The van der Waals surface area contributed by atoms with Crippen molar-refractivity contribution < 1.29 is 14.3 Å². The van der Waals surface area contributed by atoms with Gasteiger partial charge in [0.15, 0.2) is 0 Å². The van der Waals surface area contributed by atoms with Gasteiger partial charge in [-0.25, -0.2) is 0 Å². The van der Waals surface area contributed by atoms with Gasteiger partial charge in [-0.15, -0.1) is 0 Å². The van der Waals surface area contributed by atoms with Crippen LogP contribution in [0.5, 0.6) is 0 Å². The molecule has 0 spiro atoms. The molecular formula is C17H24IN3O3. The Morgan fingerprint density at radius 1 is 1.21 bits per heavy atom. The van der Waals surface area contributed by atoms with Gasteiger partial charge in [0.25, 0.3) is 5.91 Å². The lowest BCUT2D eigenvalue weighted by Gasteiger charge is -2.40. The number of nitrogens with zero attached hydrogens (tertiary/aromatic N) is 1. The van der Waals surface area contributed by atoms with E-state index in [1.165, 1.54) is 0 Å². The average molecular weight is 445 g/mol. The molecule has 6 nitrogen and oxygen atoms in total. The maximum Gasteiger partial charge on any atom is 0.252 e. The first kappa shape index (κ1) is 19.1. The Morgan fingerprint density at radius 2 is 1.88 bits per heavy atom. The van der Waals surface area contributed by atoms with Crippen molar-refractivity contribution in [2.24, 2.45) is 0 Å². The lowest BCUT2D eigenvalue weighted by molar-refractivity contribution is -0.120. The monoisotopic (exact) mass is 445 g/mol. The average Bonchev–Trinajstić information content (AvgIpc) is 2.59. The highest BCUT2D eigenvalue weighted by atomic mass is 127. The molecule has 132 valence electrons. The van der Waals surface area contributed by atoms with E-state index in [1.807, 2.05) is 18.2 Å². The zero-order chi connectivity index (χ0) is 17.6. The third-order valence-corrected chi connectivity index (χ3v) is 5.05. The van der Waals surface area contributed by atoms with Crippen LogP contribution < -0.4 is 10.6 Å². The van der Waals surface area contributed by atoms with Gasteiger partial charge in [-0.2, -0.15) is 0 Å². The van der Waals surface area contributed by atoms with Gasteiger partial charge in [-0.3, -0.25) is 14.5 Å². The van der Waals surface area contributed by atoms with Crippen LogP contribution in [-0.4, -0.2) is 61.6 Å². The van der Waals surface area contributed by atoms with E-state index >= 15 is 0 Å². The fourth-order valence-corrected chi connectivity index (χ4v) is 3.19. The second-order valence-electron chi connectivity index (χ2n) is 6.35. The predicted octanol–water partition coefficient (Wildman–Crippen LogP) is 1.25. The molecule has 0 aromatic heterocycles. The maximum absolute atomic E-state index is 12.1. The minimum atomic E-state index is -0.234. The van der Waals surface area contributed by atoms with Gasteiger partial charge < -0.3 is 15.4 Å². The van der Waals surface area contributed by atoms with E-state index in [4.69, 9.17) is 4.74 Å². The fraction of sp³-hybridized carbons (Fsp3) is 0.529. The molecule has 0 atom stereocenters. The van der Waals surface area contributed by atoms with Crippen LogP contribution in [0.4, 0.5) is 0 Å². The molecule has 0 aliphatic carbocycles. The van der Waals surface area contributed by atoms with Gasteiger partial charge >= 0.3 is 0 Å². The second-order valence-corrected chi connectivity index (χ2v) is 7.51. The summed E-state index contributed by atoms with van der Waals surface area (Å²) in [7, 11) is 0. The number of ether oxygens (including phenoxy) is 1. The molecule has 0 bridgehead atoms. The first-order chi connectivity index (χ1) is 11.4. The predicted molar refractivity (Wildman–Crippen MR) is 101 cm³/mol. The molecule has 1 saturated heterocycles. The van der Waals surface area contributed by atoms with E-state index in [9.17, 15) is 9.59 Å². The van der Waals surface area contributed by atoms with Crippen LogP contribution in [0.15, 0.2) is 24.3 Å². The Hall–Kier alpha value is -1.19. The second kappa shape index (κ2) is 8.77. The summed E-state index contributed by atoms with van der Waals surface area (Å²) in [5.74, 6) is -0.418. The summed E-state index contributed by atoms with van der Waals surface area (Å²) < 4.78 is 6.22. The van der Waals surface area contributed by atoms with Crippen LogP contribution >= 0.6 is 22.6 Å². The molecule has 1 aliphatic heterocycles. The van der Waals surface area contributed by atoms with E-state index in [-0.39, 0.29) is 23.9 Å². The number of halogens is 1. The number of benzene rings is 1. The van der Waals surface area contributed by atoms with Crippen molar-refractivity contribution >= 4 is 34.4 Å². The first-order valence-corrected chi connectivity index (χ1v) is 9.10. The summed E-state index contributed by atoms with van der Waals surface area (Å²) in [5, 5.41) is 5.57. The molecule has 2 amide bonds. The Labute approximate surface area is 156 Å². The largest absolute Gasteiger partial charge is 0.379 e. The number of hydrogen-bond acceptors (Lipinski definition) is 4. The van der Waals surface area contributed by atoms with Gasteiger partial charge in [0.2, 0.25) is 5.91 Å². The van der Waals surface area contributed by atoms with Crippen molar-refractivity contribution in [3.63, 3.8) is 0 Å². The van der Waals surface area contributed by atoms with Gasteiger partial charge in [-0.1, -0.05) is 12.1 Å². The van der Waals surface area contributed by atoms with Crippen molar-refractivity contribution in [2.75, 3.05) is 39.4 Å². The Bertz CT molecular complexity index is 586. The van der Waals surface area contributed by atoms with E-state index in [2.05, 4.69) is 52.0 Å². The summed E-state index contributed by atoms with van der Waals surface area (Å²) in [6, 6.07) is 7.29. The maximum atomic E-state index is 12.1. The normalized spacial score (nSPS) is 15.8. The van der Waals surface area contributed by atoms with E-state index in [0.717, 1.165) is 29.9 Å². The number of amides is 2. The van der Waals surface area contributed by atoms with E-state index in [0.29, 0.717) is 12.1 Å². The summed E-state index contributed by atoms with van der Waals surface area (Å²) >= 11 is 2.11. The molecule has 1 aliphatic rings. The van der Waals surface area contributed by atoms with Crippen molar-refractivity contribution in [1.29, 1.82) is 0 Å². The number of nitrogens with one attached hydrogen (secondary N) is 2. The van der Waals surface area contributed by atoms with Crippen LogP contribution in [-0.2, 0) is 9.53 Å². The van der Waals surface area contributed by atoms with Crippen LogP contribution in [0.25, 0.3) is 0 Å². The number of carbonyl (C=O) groups is 2. The summed E-state index contributed by atoms with van der Waals surface area (Å²) in [6.07, 6.45) is 0. The van der Waals surface area contributed by atoms with Crippen LogP contribution in [0, 0.1) is 3.57 Å². The van der Waals surface area contributed by atoms with Crippen LogP contribution in [0.1, 0.15) is 24.2 Å². The van der Waals surface area contributed by atoms with Crippen LogP contribution in [0.3, 0.4) is 0 Å². The molecule has 1 fully saturated rings. The summed E-state index contributed by atoms with van der Waals surface area (Å²) in [5.41, 5.74) is 0.442. The molecule has 1 heterocycles. The molecule has 0 radical (unpaired) electrons. The summed E-state index contributed by atoms with van der Waals surface area (Å²) in [4.78, 5) is 26.4. The Kier molecular flexibility index (Phi) is 7.00. The molecule has 2 N–H and O–H groups in total. The highest BCUT2D eigenvalue weighted by molar-refractivity contribution is 14.1. The smallest absolute Gasteiger partial charge is 0.252 e. The van der Waals surface area contributed by atoms with Crippen molar-refractivity contribution in [3.05, 3.63) is 33.4 Å². The lowest BCUT2D eigenvalue weighted by atomic mass is 10.0. The SMILES string of the molecule is CC(C)(CNC(=O)CNC(=O)c1ccccc1I)N1CCOCC1. The molecule has 7 heteroatoms. The van der Waals surface area contributed by atoms with Crippen molar-refractivity contribution in [1.82, 2.24) is 15.5 Å². The zero-order valence-corrected chi connectivity index (χ0v) is 16.3.